The lowest BCUT2D eigenvalue weighted by atomic mass is 10.2. The van der Waals surface area contributed by atoms with Crippen LogP contribution in [0, 0.1) is 6.92 Å². The summed E-state index contributed by atoms with van der Waals surface area (Å²) in [4.78, 5) is 8.67. The zero-order chi connectivity index (χ0) is 13.0. The molecule has 2 rings (SSSR count). The highest BCUT2D eigenvalue weighted by molar-refractivity contribution is 5.35. The number of rotatable bonds is 4. The average Bonchev–Trinajstić information content (AvgIpc) is 2.41. The normalized spacial score (nSPS) is 10.4. The summed E-state index contributed by atoms with van der Waals surface area (Å²) in [5, 5.41) is 0. The first-order valence-electron chi connectivity index (χ1n) is 6.03. The van der Waals surface area contributed by atoms with Crippen molar-refractivity contribution in [1.29, 1.82) is 0 Å². The average molecular weight is 243 g/mol. The third-order valence-electron chi connectivity index (χ3n) is 2.68. The van der Waals surface area contributed by atoms with E-state index >= 15 is 0 Å². The summed E-state index contributed by atoms with van der Waals surface area (Å²) in [5.41, 5.74) is 8.47. The summed E-state index contributed by atoms with van der Waals surface area (Å²) in [6.07, 6.45) is 2.52. The fraction of sp³-hybridized carbons (Fsp3) is 0.286. The van der Waals surface area contributed by atoms with Crippen LogP contribution < -0.4 is 10.5 Å². The zero-order valence-corrected chi connectivity index (χ0v) is 10.7. The number of hydrogen-bond acceptors (Lipinski definition) is 4. The Balaban J connectivity index is 2.33. The predicted octanol–water partition coefficient (Wildman–Crippen LogP) is 2.60. The number of nitrogens with two attached hydrogens (primary N) is 1. The zero-order valence-electron chi connectivity index (χ0n) is 10.7. The molecule has 0 aliphatic carbocycles. The smallest absolute Gasteiger partial charge is 0.223 e. The van der Waals surface area contributed by atoms with Crippen molar-refractivity contribution in [2.24, 2.45) is 5.73 Å². The van der Waals surface area contributed by atoms with E-state index < -0.39 is 0 Å². The summed E-state index contributed by atoms with van der Waals surface area (Å²) in [6, 6.07) is 7.62. The molecule has 0 amide bonds. The Morgan fingerprint density at radius 3 is 2.83 bits per heavy atom. The van der Waals surface area contributed by atoms with Crippen LogP contribution in [0.2, 0.25) is 0 Å². The lowest BCUT2D eigenvalue weighted by Gasteiger charge is -2.11. The number of ether oxygens (including phenoxy) is 1. The first-order valence-corrected chi connectivity index (χ1v) is 6.03. The standard InChI is InChI=1S/C14H17N3O/c1-3-12-13(7-6-10(2)17-12)18-14-11(9-15)5-4-8-16-14/h4-8H,3,9,15H2,1-2H3. The molecule has 2 aromatic rings. The molecule has 4 heteroatoms. The van der Waals surface area contributed by atoms with E-state index in [4.69, 9.17) is 10.5 Å². The highest BCUT2D eigenvalue weighted by atomic mass is 16.5. The van der Waals surface area contributed by atoms with Gasteiger partial charge in [0.25, 0.3) is 0 Å². The van der Waals surface area contributed by atoms with Gasteiger partial charge in [-0.15, -0.1) is 0 Å². The maximum atomic E-state index is 5.82. The van der Waals surface area contributed by atoms with E-state index in [1.165, 1.54) is 0 Å². The number of nitrogens with zero attached hydrogens (tertiary/aromatic N) is 2. The minimum Gasteiger partial charge on any atom is -0.437 e. The van der Waals surface area contributed by atoms with Crippen LogP contribution in [0.4, 0.5) is 0 Å². The van der Waals surface area contributed by atoms with Gasteiger partial charge in [-0.25, -0.2) is 4.98 Å². The van der Waals surface area contributed by atoms with Gasteiger partial charge in [0.05, 0.1) is 5.69 Å². The van der Waals surface area contributed by atoms with Crippen LogP contribution >= 0.6 is 0 Å². The third kappa shape index (κ3) is 2.65. The summed E-state index contributed by atoms with van der Waals surface area (Å²) in [5.74, 6) is 1.30. The molecule has 2 aromatic heterocycles. The highest BCUT2D eigenvalue weighted by Gasteiger charge is 2.09. The van der Waals surface area contributed by atoms with Crippen molar-refractivity contribution in [2.75, 3.05) is 0 Å². The first-order chi connectivity index (χ1) is 8.74. The van der Waals surface area contributed by atoms with Gasteiger partial charge in [-0.05, 0) is 31.5 Å². The van der Waals surface area contributed by atoms with Gasteiger partial charge in [-0.1, -0.05) is 13.0 Å². The quantitative estimate of drug-likeness (QED) is 0.896. The molecule has 0 unspecified atom stereocenters. The van der Waals surface area contributed by atoms with Crippen LogP contribution in [0.25, 0.3) is 0 Å². The highest BCUT2D eigenvalue weighted by Crippen LogP contribution is 2.25. The Hall–Kier alpha value is -1.94. The second kappa shape index (κ2) is 5.60. The molecule has 0 aromatic carbocycles. The molecule has 2 N–H and O–H groups in total. The van der Waals surface area contributed by atoms with Crippen molar-refractivity contribution < 1.29 is 4.74 Å². The minimum absolute atomic E-state index is 0.407. The van der Waals surface area contributed by atoms with Crippen molar-refractivity contribution >= 4 is 0 Å². The minimum atomic E-state index is 0.407. The number of hydrogen-bond donors (Lipinski definition) is 1. The molecule has 0 bridgehead atoms. The van der Waals surface area contributed by atoms with Crippen molar-refractivity contribution in [3.05, 3.63) is 47.4 Å². The van der Waals surface area contributed by atoms with E-state index in [-0.39, 0.29) is 0 Å². The van der Waals surface area contributed by atoms with Crippen LogP contribution in [0.1, 0.15) is 23.9 Å². The van der Waals surface area contributed by atoms with Crippen molar-refractivity contribution in [1.82, 2.24) is 9.97 Å². The molecule has 0 saturated carbocycles. The Kier molecular flexibility index (Phi) is 3.89. The van der Waals surface area contributed by atoms with Crippen LogP contribution in [0.3, 0.4) is 0 Å². The molecule has 0 spiro atoms. The lowest BCUT2D eigenvalue weighted by molar-refractivity contribution is 0.448. The topological polar surface area (TPSA) is 61.0 Å². The van der Waals surface area contributed by atoms with Gasteiger partial charge in [0.2, 0.25) is 5.88 Å². The molecule has 0 aliphatic heterocycles. The van der Waals surface area contributed by atoms with Crippen molar-refractivity contribution in [3.63, 3.8) is 0 Å². The Bertz CT molecular complexity index is 540. The van der Waals surface area contributed by atoms with Crippen molar-refractivity contribution in [3.8, 4) is 11.6 Å². The molecule has 0 atom stereocenters. The fourth-order valence-electron chi connectivity index (χ4n) is 1.72. The Morgan fingerprint density at radius 2 is 2.11 bits per heavy atom. The van der Waals surface area contributed by atoms with Crippen LogP contribution in [0.15, 0.2) is 30.5 Å². The third-order valence-corrected chi connectivity index (χ3v) is 2.68. The number of pyridine rings is 2. The molecular formula is C14H17N3O. The van der Waals surface area contributed by atoms with E-state index in [1.54, 1.807) is 6.20 Å². The van der Waals surface area contributed by atoms with Gasteiger partial charge in [0.1, 0.15) is 0 Å². The first kappa shape index (κ1) is 12.5. The monoisotopic (exact) mass is 243 g/mol. The van der Waals surface area contributed by atoms with E-state index in [2.05, 4.69) is 16.9 Å². The lowest BCUT2D eigenvalue weighted by Crippen LogP contribution is -2.02. The van der Waals surface area contributed by atoms with Crippen molar-refractivity contribution in [2.45, 2.75) is 26.8 Å². The molecule has 94 valence electrons. The van der Waals surface area contributed by atoms with Gasteiger partial charge in [0, 0.05) is 24.0 Å². The van der Waals surface area contributed by atoms with E-state index in [1.807, 2.05) is 31.2 Å². The fourth-order valence-corrected chi connectivity index (χ4v) is 1.72. The maximum Gasteiger partial charge on any atom is 0.223 e. The summed E-state index contributed by atoms with van der Waals surface area (Å²) < 4.78 is 5.82. The molecule has 2 heterocycles. The summed E-state index contributed by atoms with van der Waals surface area (Å²) in [6.45, 7) is 4.43. The van der Waals surface area contributed by atoms with Crippen LogP contribution in [-0.2, 0) is 13.0 Å². The van der Waals surface area contributed by atoms with Crippen LogP contribution in [-0.4, -0.2) is 9.97 Å². The van der Waals surface area contributed by atoms with E-state index in [9.17, 15) is 0 Å². The van der Waals surface area contributed by atoms with E-state index in [0.717, 1.165) is 29.1 Å². The second-order valence-electron chi connectivity index (χ2n) is 4.02. The number of aromatic nitrogens is 2. The molecule has 0 fully saturated rings. The molecule has 4 nitrogen and oxygen atoms in total. The second-order valence-corrected chi connectivity index (χ2v) is 4.02. The maximum absolute atomic E-state index is 5.82. The largest absolute Gasteiger partial charge is 0.437 e. The van der Waals surface area contributed by atoms with Gasteiger partial charge >= 0.3 is 0 Å². The molecule has 0 saturated heterocycles. The van der Waals surface area contributed by atoms with E-state index in [0.29, 0.717) is 12.4 Å². The van der Waals surface area contributed by atoms with Gasteiger partial charge in [-0.3, -0.25) is 4.98 Å². The van der Waals surface area contributed by atoms with Gasteiger partial charge < -0.3 is 10.5 Å². The molecular weight excluding hydrogens is 226 g/mol. The SMILES string of the molecule is CCc1nc(C)ccc1Oc1ncccc1CN. The summed E-state index contributed by atoms with van der Waals surface area (Å²) in [7, 11) is 0. The number of aryl methyl sites for hydroxylation is 2. The van der Waals surface area contributed by atoms with Gasteiger partial charge in [0.15, 0.2) is 5.75 Å². The molecule has 0 aliphatic rings. The van der Waals surface area contributed by atoms with Gasteiger partial charge in [-0.2, -0.15) is 0 Å². The Morgan fingerprint density at radius 1 is 1.28 bits per heavy atom. The molecule has 18 heavy (non-hydrogen) atoms. The van der Waals surface area contributed by atoms with Crippen LogP contribution in [0.5, 0.6) is 11.6 Å². The predicted molar refractivity (Wildman–Crippen MR) is 70.6 cm³/mol. The Labute approximate surface area is 107 Å². The molecule has 0 radical (unpaired) electrons. The summed E-state index contributed by atoms with van der Waals surface area (Å²) >= 11 is 0.